The molecule has 0 saturated heterocycles. The highest BCUT2D eigenvalue weighted by atomic mass is 35.5. The van der Waals surface area contributed by atoms with Crippen LogP contribution in [0.2, 0.25) is 5.28 Å². The third-order valence-corrected chi connectivity index (χ3v) is 6.25. The number of aromatic nitrogens is 3. The van der Waals surface area contributed by atoms with E-state index in [0.717, 1.165) is 12.0 Å². The number of benzene rings is 2. The van der Waals surface area contributed by atoms with E-state index < -0.39 is 0 Å². The van der Waals surface area contributed by atoms with Gasteiger partial charge in [0, 0.05) is 22.9 Å². The van der Waals surface area contributed by atoms with Crippen LogP contribution < -0.4 is 4.90 Å². The predicted octanol–water partition coefficient (Wildman–Crippen LogP) is 7.29. The van der Waals surface area contributed by atoms with Crippen LogP contribution in [0.4, 0.5) is 11.4 Å². The van der Waals surface area contributed by atoms with Crippen LogP contribution in [-0.2, 0) is 0 Å². The molecule has 0 spiro atoms. The first-order valence-corrected chi connectivity index (χ1v) is 11.7. The summed E-state index contributed by atoms with van der Waals surface area (Å²) in [6.07, 6.45) is 18.5. The van der Waals surface area contributed by atoms with Crippen molar-refractivity contribution in [1.29, 1.82) is 0 Å². The van der Waals surface area contributed by atoms with E-state index in [1.807, 2.05) is 43.4 Å². The molecule has 1 aliphatic carbocycles. The number of para-hydroxylation sites is 1. The average molecular weight is 453 g/mol. The molecule has 5 rings (SSSR count). The summed E-state index contributed by atoms with van der Waals surface area (Å²) in [5.41, 5.74) is 4.82. The van der Waals surface area contributed by atoms with E-state index in [0.29, 0.717) is 23.6 Å². The van der Waals surface area contributed by atoms with Gasteiger partial charge in [-0.2, -0.15) is 9.97 Å². The lowest BCUT2D eigenvalue weighted by Gasteiger charge is -2.30. The Morgan fingerprint density at radius 1 is 0.939 bits per heavy atom. The zero-order valence-corrected chi connectivity index (χ0v) is 19.2. The van der Waals surface area contributed by atoms with E-state index in [9.17, 15) is 0 Å². The number of rotatable bonds is 5. The molecule has 0 N–H and O–H groups in total. The topological polar surface area (TPSA) is 41.9 Å². The van der Waals surface area contributed by atoms with E-state index in [1.54, 1.807) is 0 Å². The van der Waals surface area contributed by atoms with Gasteiger partial charge < -0.3 is 4.90 Å². The Morgan fingerprint density at radius 3 is 2.61 bits per heavy atom. The normalized spacial score (nSPS) is 19.6. The summed E-state index contributed by atoms with van der Waals surface area (Å²) in [5, 5.41) is 0.185. The van der Waals surface area contributed by atoms with Gasteiger partial charge in [-0.25, -0.2) is 4.98 Å². The van der Waals surface area contributed by atoms with Crippen molar-refractivity contribution in [3.8, 4) is 11.4 Å². The molecule has 0 fully saturated rings. The van der Waals surface area contributed by atoms with E-state index >= 15 is 0 Å². The second kappa shape index (κ2) is 9.55. The van der Waals surface area contributed by atoms with Crippen molar-refractivity contribution in [3.05, 3.63) is 108 Å². The molecule has 0 amide bonds. The third kappa shape index (κ3) is 4.39. The fraction of sp³-hybridized carbons (Fsp3) is 0.179. The number of fused-ring (bicyclic) bond motifs is 3. The first-order chi connectivity index (χ1) is 16.2. The molecule has 2 unspecified atom stereocenters. The summed E-state index contributed by atoms with van der Waals surface area (Å²) >= 11 is 6.19. The fourth-order valence-corrected chi connectivity index (χ4v) is 4.80. The lowest BCUT2D eigenvalue weighted by molar-refractivity contribution is 0.573. The van der Waals surface area contributed by atoms with Crippen molar-refractivity contribution in [2.24, 2.45) is 0 Å². The molecule has 2 aromatic carbocycles. The van der Waals surface area contributed by atoms with Crippen LogP contribution in [-0.4, -0.2) is 21.0 Å². The van der Waals surface area contributed by atoms with Gasteiger partial charge in [-0.05, 0) is 73.3 Å². The van der Waals surface area contributed by atoms with Crippen molar-refractivity contribution < 1.29 is 0 Å². The molecule has 164 valence electrons. The van der Waals surface area contributed by atoms with Crippen molar-refractivity contribution >= 4 is 29.1 Å². The Kier molecular flexibility index (Phi) is 6.18. The Labute approximate surface area is 199 Å². The van der Waals surface area contributed by atoms with Gasteiger partial charge in [0.25, 0.3) is 0 Å². The van der Waals surface area contributed by atoms with Gasteiger partial charge in [0.2, 0.25) is 5.28 Å². The van der Waals surface area contributed by atoms with Crippen LogP contribution in [0.15, 0.2) is 91.1 Å². The molecule has 2 aliphatic rings. The van der Waals surface area contributed by atoms with E-state index in [1.165, 1.54) is 23.4 Å². The maximum absolute atomic E-state index is 6.19. The van der Waals surface area contributed by atoms with Gasteiger partial charge in [-0.1, -0.05) is 60.7 Å². The predicted molar refractivity (Wildman–Crippen MR) is 137 cm³/mol. The maximum Gasteiger partial charge on any atom is 0.226 e. The summed E-state index contributed by atoms with van der Waals surface area (Å²) in [7, 11) is 0. The largest absolute Gasteiger partial charge is 0.334 e. The van der Waals surface area contributed by atoms with Gasteiger partial charge >= 0.3 is 0 Å². The Bertz CT molecular complexity index is 1260. The number of halogens is 1. The van der Waals surface area contributed by atoms with Gasteiger partial charge in [0.15, 0.2) is 11.6 Å². The quantitative estimate of drug-likeness (QED) is 0.301. The van der Waals surface area contributed by atoms with Crippen LogP contribution in [0.1, 0.15) is 37.1 Å². The van der Waals surface area contributed by atoms with Crippen LogP contribution in [0.25, 0.3) is 17.5 Å². The summed E-state index contributed by atoms with van der Waals surface area (Å²) < 4.78 is 0. The van der Waals surface area contributed by atoms with E-state index in [2.05, 4.69) is 80.5 Å². The minimum atomic E-state index is 0.185. The zero-order valence-electron chi connectivity index (χ0n) is 18.5. The van der Waals surface area contributed by atoms with Gasteiger partial charge in [0.05, 0.1) is 6.04 Å². The molecular formula is C28H25ClN4. The molecule has 33 heavy (non-hydrogen) atoms. The smallest absolute Gasteiger partial charge is 0.226 e. The summed E-state index contributed by atoms with van der Waals surface area (Å²) in [6, 6.07) is 17.5. The Morgan fingerprint density at radius 2 is 1.76 bits per heavy atom. The number of allylic oxidation sites excluding steroid dienone is 6. The minimum absolute atomic E-state index is 0.185. The number of anilines is 2. The van der Waals surface area contributed by atoms with Crippen LogP contribution in [0, 0.1) is 0 Å². The second-order valence-corrected chi connectivity index (χ2v) is 8.47. The molecule has 0 radical (unpaired) electrons. The molecule has 2 heterocycles. The summed E-state index contributed by atoms with van der Waals surface area (Å²) in [4.78, 5) is 15.6. The van der Waals surface area contributed by atoms with Crippen LogP contribution >= 0.6 is 11.6 Å². The lowest BCUT2D eigenvalue weighted by Crippen LogP contribution is -2.29. The number of nitrogens with zero attached hydrogens (tertiary/aromatic N) is 4. The maximum atomic E-state index is 6.19. The zero-order chi connectivity index (χ0) is 22.6. The molecule has 3 aromatic rings. The van der Waals surface area contributed by atoms with Gasteiger partial charge in [-0.15, -0.1) is 0 Å². The van der Waals surface area contributed by atoms with Crippen LogP contribution in [0.3, 0.4) is 0 Å². The van der Waals surface area contributed by atoms with E-state index in [-0.39, 0.29) is 5.28 Å². The van der Waals surface area contributed by atoms with Crippen molar-refractivity contribution in [2.75, 3.05) is 4.90 Å². The Hall–Kier alpha value is -3.50. The molecular weight excluding hydrogens is 428 g/mol. The highest BCUT2D eigenvalue weighted by Crippen LogP contribution is 2.49. The van der Waals surface area contributed by atoms with Crippen LogP contribution in [0.5, 0.6) is 0 Å². The van der Waals surface area contributed by atoms with Crippen molar-refractivity contribution in [3.63, 3.8) is 0 Å². The van der Waals surface area contributed by atoms with Crippen molar-refractivity contribution in [2.45, 2.75) is 31.7 Å². The molecule has 0 saturated carbocycles. The summed E-state index contributed by atoms with van der Waals surface area (Å²) in [6.45, 7) is 1.98. The molecule has 0 bridgehead atoms. The molecule has 5 heteroatoms. The Balaban J connectivity index is 1.44. The first-order valence-electron chi connectivity index (χ1n) is 11.3. The highest BCUT2D eigenvalue weighted by molar-refractivity contribution is 6.28. The van der Waals surface area contributed by atoms with Crippen molar-refractivity contribution in [1.82, 2.24) is 15.0 Å². The van der Waals surface area contributed by atoms with Gasteiger partial charge in [-0.3, -0.25) is 0 Å². The second-order valence-electron chi connectivity index (χ2n) is 8.13. The minimum Gasteiger partial charge on any atom is -0.334 e. The molecule has 4 nitrogen and oxygen atoms in total. The summed E-state index contributed by atoms with van der Waals surface area (Å²) in [5.74, 6) is 1.64. The number of hydrogen-bond donors (Lipinski definition) is 0. The van der Waals surface area contributed by atoms with E-state index in [4.69, 9.17) is 11.6 Å². The molecule has 1 aliphatic heterocycles. The number of hydrogen-bond acceptors (Lipinski definition) is 4. The first kappa shape index (κ1) is 21.4. The standard InChI is InChI=1S/C28H25ClN4/c1-2-3-4-5-6-15-26-30-27(32-28(29)31-26)20-16-18-21(19-17-20)33-24-13-9-7-11-22(24)23-12-8-10-14-25(23)33/h2-7,9-11,13-19,23,25H,8,12H2,1H3/b3-2-,5-4-,15-6+. The van der Waals surface area contributed by atoms with Gasteiger partial charge in [0.1, 0.15) is 0 Å². The average Bonchev–Trinajstić information content (AvgIpc) is 3.18. The lowest BCUT2D eigenvalue weighted by atomic mass is 9.86. The monoisotopic (exact) mass is 452 g/mol. The SMILES string of the molecule is C\C=C/C=C\C=C\c1nc(Cl)nc(-c2ccc(N3c4ccccc4C4CCC=CC43)cc2)n1. The molecule has 2 atom stereocenters. The molecule has 1 aromatic heterocycles. The highest BCUT2D eigenvalue weighted by Gasteiger charge is 2.38. The fourth-order valence-electron chi connectivity index (χ4n) is 4.64. The third-order valence-electron chi connectivity index (χ3n) is 6.08.